The normalized spacial score (nSPS) is 15.7. The summed E-state index contributed by atoms with van der Waals surface area (Å²) in [5.74, 6) is -2.51. The molecule has 0 aliphatic carbocycles. The van der Waals surface area contributed by atoms with Crippen molar-refractivity contribution in [1.29, 1.82) is 0 Å². The van der Waals surface area contributed by atoms with Gasteiger partial charge in [0.05, 0.1) is 0 Å². The second kappa shape index (κ2) is 4.64. The van der Waals surface area contributed by atoms with E-state index in [0.29, 0.717) is 12.8 Å². The van der Waals surface area contributed by atoms with Gasteiger partial charge >= 0.3 is 11.9 Å². The molecule has 0 aromatic heterocycles. The monoisotopic (exact) mass is 216 g/mol. The fourth-order valence-electron chi connectivity index (χ4n) is 1.94. The lowest BCUT2D eigenvalue weighted by molar-refractivity contribution is -0.174. The van der Waals surface area contributed by atoms with Crippen molar-refractivity contribution in [3.05, 3.63) is 0 Å². The van der Waals surface area contributed by atoms with Gasteiger partial charge in [-0.1, -0.05) is 27.2 Å². The van der Waals surface area contributed by atoms with Gasteiger partial charge in [-0.25, -0.2) is 0 Å². The van der Waals surface area contributed by atoms with Gasteiger partial charge < -0.3 is 10.2 Å². The van der Waals surface area contributed by atoms with E-state index in [1.807, 2.05) is 13.8 Å². The average Bonchev–Trinajstić information content (AvgIpc) is 2.15. The summed E-state index contributed by atoms with van der Waals surface area (Å²) in [4.78, 5) is 22.3. The first-order valence-corrected chi connectivity index (χ1v) is 5.23. The fraction of sp³-hybridized carbons (Fsp3) is 0.818. The summed E-state index contributed by atoms with van der Waals surface area (Å²) in [7, 11) is 0. The van der Waals surface area contributed by atoms with Crippen LogP contribution in [0.5, 0.6) is 0 Å². The van der Waals surface area contributed by atoms with E-state index >= 15 is 0 Å². The smallest absolute Gasteiger partial charge is 0.321 e. The van der Waals surface area contributed by atoms with Crippen LogP contribution >= 0.6 is 0 Å². The molecule has 0 aromatic rings. The Balaban J connectivity index is 5.39. The fourth-order valence-corrected chi connectivity index (χ4v) is 1.94. The van der Waals surface area contributed by atoms with Crippen molar-refractivity contribution in [2.45, 2.75) is 47.0 Å². The summed E-state index contributed by atoms with van der Waals surface area (Å²) in [5.41, 5.74) is -2.42. The largest absolute Gasteiger partial charge is 0.480 e. The highest BCUT2D eigenvalue weighted by Crippen LogP contribution is 2.46. The van der Waals surface area contributed by atoms with E-state index in [1.54, 1.807) is 6.92 Å². The third kappa shape index (κ3) is 2.13. The molecule has 0 heterocycles. The molecule has 88 valence electrons. The summed E-state index contributed by atoms with van der Waals surface area (Å²) in [5, 5.41) is 18.2. The van der Waals surface area contributed by atoms with Crippen LogP contribution in [0.15, 0.2) is 0 Å². The van der Waals surface area contributed by atoms with Crippen LogP contribution in [0.3, 0.4) is 0 Å². The van der Waals surface area contributed by atoms with Crippen molar-refractivity contribution in [1.82, 2.24) is 0 Å². The second-order valence-electron chi connectivity index (χ2n) is 4.40. The van der Waals surface area contributed by atoms with Crippen molar-refractivity contribution in [3.63, 3.8) is 0 Å². The molecule has 1 atom stereocenters. The van der Waals surface area contributed by atoms with E-state index in [1.165, 1.54) is 6.92 Å². The van der Waals surface area contributed by atoms with E-state index in [2.05, 4.69) is 0 Å². The molecule has 4 heteroatoms. The van der Waals surface area contributed by atoms with Gasteiger partial charge in [0.1, 0.15) is 0 Å². The molecule has 0 amide bonds. The zero-order valence-corrected chi connectivity index (χ0v) is 9.83. The Labute approximate surface area is 90.3 Å². The topological polar surface area (TPSA) is 74.6 Å². The summed E-state index contributed by atoms with van der Waals surface area (Å²) < 4.78 is 0. The standard InChI is InChI=1S/C11H20O4/c1-5-7-10(3,6-2)11(4,8(12)13)9(14)15/h5-7H2,1-4H3,(H,12,13)(H,14,15). The highest BCUT2D eigenvalue weighted by atomic mass is 16.4. The maximum Gasteiger partial charge on any atom is 0.321 e. The zero-order chi connectivity index (χ0) is 12.3. The van der Waals surface area contributed by atoms with Gasteiger partial charge in [-0.15, -0.1) is 0 Å². The highest BCUT2D eigenvalue weighted by molar-refractivity contribution is 5.98. The van der Waals surface area contributed by atoms with Crippen LogP contribution in [0, 0.1) is 10.8 Å². The molecule has 4 nitrogen and oxygen atoms in total. The van der Waals surface area contributed by atoms with Crippen molar-refractivity contribution in [2.75, 3.05) is 0 Å². The molecule has 0 saturated carbocycles. The second-order valence-corrected chi connectivity index (χ2v) is 4.40. The molecule has 0 aliphatic rings. The maximum absolute atomic E-state index is 11.2. The third-order valence-corrected chi connectivity index (χ3v) is 3.64. The summed E-state index contributed by atoms with van der Waals surface area (Å²) >= 11 is 0. The lowest BCUT2D eigenvalue weighted by Gasteiger charge is -2.39. The van der Waals surface area contributed by atoms with Crippen molar-refractivity contribution >= 4 is 11.9 Å². The summed E-state index contributed by atoms with van der Waals surface area (Å²) in [6, 6.07) is 0. The first kappa shape index (κ1) is 13.9. The Kier molecular flexibility index (Phi) is 4.31. The Morgan fingerprint density at radius 3 is 1.67 bits per heavy atom. The number of carboxylic acid groups (broad SMARTS) is 2. The number of carboxylic acids is 2. The minimum atomic E-state index is -1.71. The Hall–Kier alpha value is -1.06. The lowest BCUT2D eigenvalue weighted by atomic mass is 9.61. The first-order chi connectivity index (χ1) is 6.76. The maximum atomic E-state index is 11.2. The Morgan fingerprint density at radius 2 is 1.47 bits per heavy atom. The van der Waals surface area contributed by atoms with Crippen molar-refractivity contribution in [3.8, 4) is 0 Å². The van der Waals surface area contributed by atoms with Crippen LogP contribution in [0.25, 0.3) is 0 Å². The third-order valence-electron chi connectivity index (χ3n) is 3.64. The van der Waals surface area contributed by atoms with Gasteiger partial charge in [0.2, 0.25) is 0 Å². The van der Waals surface area contributed by atoms with Gasteiger partial charge in [-0.3, -0.25) is 9.59 Å². The molecule has 0 spiro atoms. The van der Waals surface area contributed by atoms with E-state index in [0.717, 1.165) is 6.42 Å². The van der Waals surface area contributed by atoms with Crippen molar-refractivity contribution < 1.29 is 19.8 Å². The van der Waals surface area contributed by atoms with Gasteiger partial charge in [-0.2, -0.15) is 0 Å². The molecule has 15 heavy (non-hydrogen) atoms. The molecular formula is C11H20O4. The van der Waals surface area contributed by atoms with E-state index in [4.69, 9.17) is 10.2 Å². The van der Waals surface area contributed by atoms with Crippen LogP contribution in [0.1, 0.15) is 47.0 Å². The first-order valence-electron chi connectivity index (χ1n) is 5.23. The van der Waals surface area contributed by atoms with Crippen LogP contribution in [0.2, 0.25) is 0 Å². The number of rotatable bonds is 6. The van der Waals surface area contributed by atoms with Gasteiger partial charge in [0.25, 0.3) is 0 Å². The van der Waals surface area contributed by atoms with Gasteiger partial charge in [0, 0.05) is 0 Å². The van der Waals surface area contributed by atoms with Crippen LogP contribution in [-0.4, -0.2) is 22.2 Å². The van der Waals surface area contributed by atoms with Gasteiger partial charge in [0.15, 0.2) is 5.41 Å². The Bertz CT molecular complexity index is 245. The minimum Gasteiger partial charge on any atom is -0.480 e. The average molecular weight is 216 g/mol. The molecule has 0 aromatic carbocycles. The number of aliphatic carboxylic acids is 2. The van der Waals surface area contributed by atoms with Crippen LogP contribution in [0.4, 0.5) is 0 Å². The summed E-state index contributed by atoms with van der Waals surface area (Å²) in [6.45, 7) is 6.80. The minimum absolute atomic E-state index is 0.538. The van der Waals surface area contributed by atoms with Gasteiger partial charge in [-0.05, 0) is 25.2 Å². The molecule has 0 fully saturated rings. The number of carbonyl (C=O) groups is 2. The van der Waals surface area contributed by atoms with E-state index < -0.39 is 22.8 Å². The van der Waals surface area contributed by atoms with Crippen molar-refractivity contribution in [2.24, 2.45) is 10.8 Å². The predicted molar refractivity (Wildman–Crippen MR) is 56.7 cm³/mol. The SMILES string of the molecule is CCCC(C)(CC)C(C)(C(=O)O)C(=O)O. The molecule has 1 unspecified atom stereocenters. The summed E-state index contributed by atoms with van der Waals surface area (Å²) in [6.07, 6.45) is 1.91. The molecular weight excluding hydrogens is 196 g/mol. The molecule has 0 aliphatic heterocycles. The molecule has 0 rings (SSSR count). The van der Waals surface area contributed by atoms with E-state index in [9.17, 15) is 9.59 Å². The lowest BCUT2D eigenvalue weighted by Crippen LogP contribution is -2.49. The predicted octanol–water partition coefficient (Wildman–Crippen LogP) is 2.38. The quantitative estimate of drug-likeness (QED) is 0.668. The van der Waals surface area contributed by atoms with Crippen LogP contribution < -0.4 is 0 Å². The molecule has 0 saturated heterocycles. The van der Waals surface area contributed by atoms with Crippen LogP contribution in [-0.2, 0) is 9.59 Å². The Morgan fingerprint density at radius 1 is 1.07 bits per heavy atom. The molecule has 0 radical (unpaired) electrons. The highest BCUT2D eigenvalue weighted by Gasteiger charge is 2.54. The van der Waals surface area contributed by atoms with E-state index in [-0.39, 0.29) is 0 Å². The number of hydrogen-bond acceptors (Lipinski definition) is 2. The zero-order valence-electron chi connectivity index (χ0n) is 9.83. The molecule has 2 N–H and O–H groups in total. The number of hydrogen-bond donors (Lipinski definition) is 2. The molecule has 0 bridgehead atoms.